The smallest absolute Gasteiger partial charge is 0.545 e. The first-order chi connectivity index (χ1) is 31.0. The van der Waals surface area contributed by atoms with Crippen LogP contribution in [-0.4, -0.2) is 59.7 Å². The summed E-state index contributed by atoms with van der Waals surface area (Å²) in [6.07, 6.45) is 10.3. The van der Waals surface area contributed by atoms with Crippen LogP contribution in [0.5, 0.6) is 0 Å². The Labute approximate surface area is 434 Å². The van der Waals surface area contributed by atoms with Crippen LogP contribution in [0.25, 0.3) is 0 Å². The fraction of sp³-hybridized carbons (Fsp3) is 0.345. The molecule has 68 heavy (non-hydrogen) atoms. The van der Waals surface area contributed by atoms with Gasteiger partial charge in [0.15, 0.2) is 0 Å². The quantitative estimate of drug-likeness (QED) is 0.0634. The van der Waals surface area contributed by atoms with E-state index in [-0.39, 0.29) is 50.5 Å². The molecule has 13 heteroatoms. The molecule has 11 nitrogen and oxygen atoms in total. The summed E-state index contributed by atoms with van der Waals surface area (Å²) in [4.78, 5) is 32.4. The number of aliphatic hydroxyl groups is 4. The Hall–Kier alpha value is -5.18. The summed E-state index contributed by atoms with van der Waals surface area (Å²) in [5.41, 5.74) is 21.1. The average Bonchev–Trinajstić information content (AvgIpc) is 3.86. The standard InChI is InChI=1S/C21H26N2.C21H25N2.2C5H10O2.3CHO.2Rh/c2*1-14-9-16(3)20(17(4)10-14)22-7-8-23(13-22)21-18(5)11-15(2)12-19(21)6;2*1-4(6)3-5(2)7;3*1-2;;/h7-12H,13H2,1-6H3;7-13H,1-6H3;2*3-4,6-7H,1-2H3;3*1H;;/q;-1;;;3*-1;2*+2. The van der Waals surface area contributed by atoms with E-state index in [4.69, 9.17) is 34.8 Å². The molecule has 0 bridgehead atoms. The Morgan fingerprint density at radius 2 is 0.662 bits per heavy atom. The second-order valence-corrected chi connectivity index (χ2v) is 16.7. The van der Waals surface area contributed by atoms with E-state index in [2.05, 4.69) is 203 Å². The number of hydrogen-bond donors (Lipinski definition) is 4. The van der Waals surface area contributed by atoms with Crippen LogP contribution in [0.15, 0.2) is 97.0 Å². The number of rotatable bonds is 6. The van der Waals surface area contributed by atoms with Gasteiger partial charge in [-0.05, 0) is 180 Å². The first kappa shape index (κ1) is 67.1. The zero-order valence-corrected chi connectivity index (χ0v) is 46.0. The van der Waals surface area contributed by atoms with Crippen molar-refractivity contribution in [3.8, 4) is 0 Å². The predicted molar refractivity (Wildman–Crippen MR) is 276 cm³/mol. The van der Waals surface area contributed by atoms with Crippen molar-refractivity contribution in [1.82, 2.24) is 0 Å². The molecular weight excluding hydrogens is 1030 g/mol. The zero-order valence-electron chi connectivity index (χ0n) is 42.7. The molecule has 2 radical (unpaired) electrons. The van der Waals surface area contributed by atoms with Crippen LogP contribution in [0.4, 0.5) is 22.7 Å². The van der Waals surface area contributed by atoms with Gasteiger partial charge in [0, 0.05) is 35.1 Å². The van der Waals surface area contributed by atoms with Crippen molar-refractivity contribution in [1.29, 1.82) is 0 Å². The van der Waals surface area contributed by atoms with Gasteiger partial charge in [-0.25, -0.2) is 0 Å². The molecule has 0 aliphatic carbocycles. The molecule has 0 saturated heterocycles. The van der Waals surface area contributed by atoms with Gasteiger partial charge in [-0.2, -0.15) is 0 Å². The van der Waals surface area contributed by atoms with Crippen LogP contribution in [-0.2, 0) is 53.3 Å². The fourth-order valence-corrected chi connectivity index (χ4v) is 8.44. The van der Waals surface area contributed by atoms with Gasteiger partial charge >= 0.3 is 39.0 Å². The maximum Gasteiger partial charge on any atom is 2.00 e. The maximum absolute atomic E-state index is 8.49. The van der Waals surface area contributed by atoms with Crippen LogP contribution < -0.4 is 19.6 Å². The van der Waals surface area contributed by atoms with E-state index in [0.717, 1.165) is 6.67 Å². The van der Waals surface area contributed by atoms with E-state index in [0.29, 0.717) is 0 Å². The Balaban J connectivity index is -0.000000880. The first-order valence-electron chi connectivity index (χ1n) is 21.4. The van der Waals surface area contributed by atoms with Gasteiger partial charge in [-0.1, -0.05) is 70.8 Å². The third-order valence-corrected chi connectivity index (χ3v) is 9.97. The van der Waals surface area contributed by atoms with E-state index >= 15 is 0 Å². The molecule has 0 fully saturated rings. The Morgan fingerprint density at radius 3 is 0.838 bits per heavy atom. The third kappa shape index (κ3) is 21.4. The third-order valence-electron chi connectivity index (χ3n) is 9.97. The van der Waals surface area contributed by atoms with Crippen LogP contribution in [0.1, 0.15) is 94.5 Å². The number of aliphatic hydroxyl groups excluding tert-OH is 4. The van der Waals surface area contributed by atoms with Crippen molar-refractivity contribution in [2.45, 2.75) is 123 Å². The van der Waals surface area contributed by atoms with E-state index in [1.54, 1.807) is 13.8 Å². The van der Waals surface area contributed by atoms with Crippen molar-refractivity contribution in [2.24, 2.45) is 0 Å². The van der Waals surface area contributed by atoms with Crippen LogP contribution >= 0.6 is 0 Å². The molecule has 6 rings (SSSR count). The number of benzene rings is 4. The van der Waals surface area contributed by atoms with Crippen molar-refractivity contribution in [3.63, 3.8) is 0 Å². The van der Waals surface area contributed by atoms with Crippen molar-refractivity contribution in [3.05, 3.63) is 170 Å². The monoisotopic (exact) mass is 1110 g/mol. The minimum Gasteiger partial charge on any atom is -0.545 e. The Bertz CT molecular complexity index is 1910. The number of nitrogens with zero attached hydrogens (tertiary/aromatic N) is 4. The number of anilines is 4. The molecular formula is C55H74N4O7Rh2. The summed E-state index contributed by atoms with van der Waals surface area (Å²) in [6.45, 7) is 45.2. The largest absolute Gasteiger partial charge is 2.00 e. The SMILES string of the molecule is CC(O)=CC(C)O.CC(O)=CC(C)O.Cc1cc(C)c(N2C=CN(c3c(C)cc(C)cc3C)C2)c(C)c1.Cc1cc(C)c(N2C=CN(c3c(C)cc(C)cc3C)[CH-]2)c(C)c1.[CH-]=O.[CH-]=O.[CH-]=O.[Rh+2].[Rh+2]. The molecule has 0 spiro atoms. The van der Waals surface area contributed by atoms with Crippen LogP contribution in [0.3, 0.4) is 0 Å². The topological polar surface area (TPSA) is 145 Å². The molecule has 2 heterocycles. The summed E-state index contributed by atoms with van der Waals surface area (Å²) in [5, 5.41) is 33.8. The van der Waals surface area contributed by atoms with Crippen LogP contribution in [0.2, 0.25) is 0 Å². The normalized spacial score (nSPS) is 13.1. The summed E-state index contributed by atoms with van der Waals surface area (Å²) in [7, 11) is 0. The van der Waals surface area contributed by atoms with Gasteiger partial charge in [0.1, 0.15) is 0 Å². The second kappa shape index (κ2) is 33.3. The molecule has 4 N–H and O–H groups in total. The zero-order chi connectivity index (χ0) is 51.2. The van der Waals surface area contributed by atoms with Gasteiger partial charge in [-0.3, -0.25) is 20.4 Å². The van der Waals surface area contributed by atoms with Gasteiger partial charge < -0.3 is 54.4 Å². The van der Waals surface area contributed by atoms with Gasteiger partial charge in [-0.15, -0.1) is 6.67 Å². The fourth-order valence-electron chi connectivity index (χ4n) is 8.44. The number of aryl methyl sites for hydroxylation is 12. The van der Waals surface area contributed by atoms with Crippen molar-refractivity contribution in [2.75, 3.05) is 26.3 Å². The molecule has 2 aliphatic heterocycles. The maximum atomic E-state index is 8.49. The molecule has 0 amide bonds. The minimum atomic E-state index is -0.537. The summed E-state index contributed by atoms with van der Waals surface area (Å²) in [5.74, 6) is 0.324. The van der Waals surface area contributed by atoms with Gasteiger partial charge in [0.25, 0.3) is 0 Å². The molecule has 0 saturated carbocycles. The Morgan fingerprint density at radius 1 is 0.456 bits per heavy atom. The van der Waals surface area contributed by atoms with E-state index in [1.807, 2.05) is 0 Å². The minimum absolute atomic E-state index is 0. The number of carbonyl (C=O) groups excluding carboxylic acids is 3. The van der Waals surface area contributed by atoms with E-state index in [1.165, 1.54) is 116 Å². The van der Waals surface area contributed by atoms with Crippen LogP contribution in [0, 0.1) is 89.8 Å². The van der Waals surface area contributed by atoms with Crippen molar-refractivity contribution >= 4 is 43.1 Å². The molecule has 2 aliphatic rings. The number of hydrogen-bond acceptors (Lipinski definition) is 11. The number of allylic oxidation sites excluding steroid dienone is 2. The molecule has 374 valence electrons. The molecule has 2 unspecified atom stereocenters. The molecule has 2 atom stereocenters. The molecule has 4 aromatic carbocycles. The average molecular weight is 1110 g/mol. The first-order valence-corrected chi connectivity index (χ1v) is 21.4. The summed E-state index contributed by atoms with van der Waals surface area (Å²) < 4.78 is 0. The second-order valence-electron chi connectivity index (χ2n) is 16.7. The van der Waals surface area contributed by atoms with E-state index in [9.17, 15) is 0 Å². The Kier molecular flexibility index (Phi) is 32.9. The summed E-state index contributed by atoms with van der Waals surface area (Å²) in [6, 6.07) is 18.0. The summed E-state index contributed by atoms with van der Waals surface area (Å²) >= 11 is 0. The molecule has 4 aromatic rings. The predicted octanol–water partition coefficient (Wildman–Crippen LogP) is 11.6. The van der Waals surface area contributed by atoms with Crippen molar-refractivity contribution < 1.29 is 73.8 Å². The van der Waals surface area contributed by atoms with Gasteiger partial charge in [0.2, 0.25) is 0 Å². The molecule has 0 aromatic heterocycles. The van der Waals surface area contributed by atoms with Gasteiger partial charge in [0.05, 0.1) is 30.4 Å². The van der Waals surface area contributed by atoms with E-state index < -0.39 is 12.2 Å².